The first-order chi connectivity index (χ1) is 12.1. The minimum atomic E-state index is -0.201. The second-order valence-electron chi connectivity index (χ2n) is 7.42. The van der Waals surface area contributed by atoms with Gasteiger partial charge in [0.25, 0.3) is 0 Å². The first kappa shape index (κ1) is 18.0. The largest absolute Gasteiger partial charge is 0.396 e. The van der Waals surface area contributed by atoms with E-state index in [1.165, 1.54) is 11.6 Å². The molecule has 0 saturated carbocycles. The molecule has 0 aliphatic carbocycles. The average Bonchev–Trinajstić information content (AvgIpc) is 2.63. The van der Waals surface area contributed by atoms with Crippen LogP contribution in [-0.4, -0.2) is 40.7 Å². The summed E-state index contributed by atoms with van der Waals surface area (Å²) in [6, 6.07) is 11.3. The van der Waals surface area contributed by atoms with E-state index in [4.69, 9.17) is 0 Å². The van der Waals surface area contributed by atoms with Crippen molar-refractivity contribution in [1.82, 2.24) is 9.88 Å². The number of aromatic nitrogens is 1. The zero-order valence-electron chi connectivity index (χ0n) is 14.9. The first-order valence-corrected chi connectivity index (χ1v) is 9.08. The van der Waals surface area contributed by atoms with E-state index in [-0.39, 0.29) is 17.8 Å². The molecule has 1 atom stereocenters. The Labute approximate surface area is 149 Å². The van der Waals surface area contributed by atoms with E-state index in [1.54, 1.807) is 18.3 Å². The second kappa shape index (κ2) is 8.07. The third-order valence-corrected chi connectivity index (χ3v) is 5.54. The van der Waals surface area contributed by atoms with Crippen molar-refractivity contribution in [2.75, 3.05) is 19.7 Å². The zero-order valence-corrected chi connectivity index (χ0v) is 14.9. The van der Waals surface area contributed by atoms with Gasteiger partial charge in [0, 0.05) is 25.0 Å². The molecule has 3 nitrogen and oxygen atoms in total. The Morgan fingerprint density at radius 2 is 1.96 bits per heavy atom. The predicted molar refractivity (Wildman–Crippen MR) is 97.8 cm³/mol. The topological polar surface area (TPSA) is 36.4 Å². The highest BCUT2D eigenvalue weighted by Gasteiger charge is 2.35. The van der Waals surface area contributed by atoms with Gasteiger partial charge in [0.1, 0.15) is 5.82 Å². The number of hydrogen-bond acceptors (Lipinski definition) is 3. The quantitative estimate of drug-likeness (QED) is 0.873. The van der Waals surface area contributed by atoms with Gasteiger partial charge < -0.3 is 10.0 Å². The standard InChI is InChI=1S/C21H27FN2O/c1-17(12-19-5-3-9-23-15-19)24-10-7-21(16-25,8-11-24)14-18-4-2-6-20(22)13-18/h2-6,9,13,15,17,25H,7-8,10-12,14,16H2,1H3. The smallest absolute Gasteiger partial charge is 0.123 e. The second-order valence-corrected chi connectivity index (χ2v) is 7.42. The van der Waals surface area contributed by atoms with Gasteiger partial charge in [-0.3, -0.25) is 4.98 Å². The van der Waals surface area contributed by atoms with Crippen LogP contribution in [0.2, 0.25) is 0 Å². The van der Waals surface area contributed by atoms with Gasteiger partial charge in [-0.2, -0.15) is 0 Å². The van der Waals surface area contributed by atoms with Gasteiger partial charge in [-0.1, -0.05) is 18.2 Å². The molecule has 1 aromatic heterocycles. The fourth-order valence-electron chi connectivity index (χ4n) is 3.90. The average molecular weight is 342 g/mol. The van der Waals surface area contributed by atoms with Crippen molar-refractivity contribution in [2.24, 2.45) is 5.41 Å². The lowest BCUT2D eigenvalue weighted by molar-refractivity contribution is 0.0302. The molecule has 1 fully saturated rings. The van der Waals surface area contributed by atoms with Crippen LogP contribution in [0.25, 0.3) is 0 Å². The molecular weight excluding hydrogens is 315 g/mol. The molecule has 134 valence electrons. The lowest BCUT2D eigenvalue weighted by Gasteiger charge is -2.43. The minimum absolute atomic E-state index is 0.127. The van der Waals surface area contributed by atoms with Gasteiger partial charge in [-0.25, -0.2) is 4.39 Å². The summed E-state index contributed by atoms with van der Waals surface area (Å²) in [5.74, 6) is -0.201. The molecule has 0 amide bonds. The monoisotopic (exact) mass is 342 g/mol. The molecule has 0 bridgehead atoms. The molecule has 1 aromatic carbocycles. The molecule has 1 saturated heterocycles. The van der Waals surface area contributed by atoms with Crippen molar-refractivity contribution >= 4 is 0 Å². The summed E-state index contributed by atoms with van der Waals surface area (Å²) in [5, 5.41) is 10.0. The normalized spacial score (nSPS) is 18.8. The van der Waals surface area contributed by atoms with Gasteiger partial charge in [-0.05, 0) is 80.4 Å². The summed E-state index contributed by atoms with van der Waals surface area (Å²) >= 11 is 0. The predicted octanol–water partition coefficient (Wildman–Crippen LogP) is 3.47. The van der Waals surface area contributed by atoms with Crippen LogP contribution < -0.4 is 0 Å². The molecule has 4 heteroatoms. The molecule has 2 heterocycles. The van der Waals surface area contributed by atoms with Crippen LogP contribution >= 0.6 is 0 Å². The summed E-state index contributed by atoms with van der Waals surface area (Å²) in [7, 11) is 0. The number of nitrogens with zero attached hydrogens (tertiary/aromatic N) is 2. The van der Waals surface area contributed by atoms with E-state index in [0.29, 0.717) is 6.04 Å². The van der Waals surface area contributed by atoms with Crippen molar-refractivity contribution in [1.29, 1.82) is 0 Å². The summed E-state index contributed by atoms with van der Waals surface area (Å²) in [6.07, 6.45) is 7.35. The van der Waals surface area contributed by atoms with Crippen LogP contribution in [0.15, 0.2) is 48.8 Å². The molecule has 25 heavy (non-hydrogen) atoms. The summed E-state index contributed by atoms with van der Waals surface area (Å²) in [6.45, 7) is 4.36. The summed E-state index contributed by atoms with van der Waals surface area (Å²) in [4.78, 5) is 6.68. The molecule has 0 spiro atoms. The van der Waals surface area contributed by atoms with E-state index in [0.717, 1.165) is 44.3 Å². The number of likely N-dealkylation sites (tertiary alicyclic amines) is 1. The van der Waals surface area contributed by atoms with Gasteiger partial charge in [-0.15, -0.1) is 0 Å². The maximum absolute atomic E-state index is 13.4. The number of aliphatic hydroxyl groups is 1. The molecule has 1 aliphatic heterocycles. The number of halogens is 1. The SMILES string of the molecule is CC(Cc1cccnc1)N1CCC(CO)(Cc2cccc(F)c2)CC1. The van der Waals surface area contributed by atoms with E-state index < -0.39 is 0 Å². The van der Waals surface area contributed by atoms with Crippen LogP contribution in [0, 0.1) is 11.2 Å². The number of piperidine rings is 1. The Balaban J connectivity index is 1.59. The minimum Gasteiger partial charge on any atom is -0.396 e. The maximum Gasteiger partial charge on any atom is 0.123 e. The fraction of sp³-hybridized carbons (Fsp3) is 0.476. The Morgan fingerprint density at radius 3 is 2.60 bits per heavy atom. The highest BCUT2D eigenvalue weighted by Crippen LogP contribution is 2.35. The molecule has 1 N–H and O–H groups in total. The van der Waals surface area contributed by atoms with Crippen LogP contribution in [-0.2, 0) is 12.8 Å². The van der Waals surface area contributed by atoms with Crippen LogP contribution in [0.4, 0.5) is 4.39 Å². The fourth-order valence-corrected chi connectivity index (χ4v) is 3.90. The van der Waals surface area contributed by atoms with E-state index >= 15 is 0 Å². The molecule has 3 rings (SSSR count). The lowest BCUT2D eigenvalue weighted by atomic mass is 9.74. The van der Waals surface area contributed by atoms with Crippen LogP contribution in [0.5, 0.6) is 0 Å². The summed E-state index contributed by atoms with van der Waals surface area (Å²) in [5.41, 5.74) is 2.11. The zero-order chi connectivity index (χ0) is 17.7. The molecule has 1 unspecified atom stereocenters. The molecule has 0 radical (unpaired) electrons. The van der Waals surface area contributed by atoms with Gasteiger partial charge in [0.05, 0.1) is 0 Å². The van der Waals surface area contributed by atoms with Crippen LogP contribution in [0.1, 0.15) is 30.9 Å². The highest BCUT2D eigenvalue weighted by atomic mass is 19.1. The van der Waals surface area contributed by atoms with Crippen molar-refractivity contribution < 1.29 is 9.50 Å². The van der Waals surface area contributed by atoms with Crippen molar-refractivity contribution in [3.05, 3.63) is 65.7 Å². The number of rotatable bonds is 6. The van der Waals surface area contributed by atoms with E-state index in [9.17, 15) is 9.50 Å². The lowest BCUT2D eigenvalue weighted by Crippen LogP contribution is -2.47. The number of benzene rings is 1. The van der Waals surface area contributed by atoms with Crippen molar-refractivity contribution in [3.8, 4) is 0 Å². The number of hydrogen-bond donors (Lipinski definition) is 1. The Hall–Kier alpha value is -1.78. The molecular formula is C21H27FN2O. The van der Waals surface area contributed by atoms with Gasteiger partial charge in [0.15, 0.2) is 0 Å². The third kappa shape index (κ3) is 4.65. The Morgan fingerprint density at radius 1 is 1.20 bits per heavy atom. The Bertz CT molecular complexity index is 669. The molecule has 2 aromatic rings. The number of aliphatic hydroxyl groups excluding tert-OH is 1. The first-order valence-electron chi connectivity index (χ1n) is 9.08. The third-order valence-electron chi connectivity index (χ3n) is 5.54. The van der Waals surface area contributed by atoms with Crippen molar-refractivity contribution in [2.45, 2.75) is 38.6 Å². The maximum atomic E-state index is 13.4. The summed E-state index contributed by atoms with van der Waals surface area (Å²) < 4.78 is 13.4. The van der Waals surface area contributed by atoms with Gasteiger partial charge in [0.2, 0.25) is 0 Å². The van der Waals surface area contributed by atoms with Gasteiger partial charge >= 0.3 is 0 Å². The molecule has 1 aliphatic rings. The van der Waals surface area contributed by atoms with Crippen molar-refractivity contribution in [3.63, 3.8) is 0 Å². The highest BCUT2D eigenvalue weighted by molar-refractivity contribution is 5.18. The number of pyridine rings is 1. The Kier molecular flexibility index (Phi) is 5.82. The van der Waals surface area contributed by atoms with E-state index in [1.807, 2.05) is 18.3 Å². The van der Waals surface area contributed by atoms with Crippen LogP contribution in [0.3, 0.4) is 0 Å². The van der Waals surface area contributed by atoms with E-state index in [2.05, 4.69) is 22.9 Å².